The molecule has 2 aliphatic rings. The van der Waals surface area contributed by atoms with Crippen molar-refractivity contribution in [2.45, 2.75) is 0 Å². The molecule has 0 saturated heterocycles. The summed E-state index contributed by atoms with van der Waals surface area (Å²) in [6.07, 6.45) is 5.94. The lowest BCUT2D eigenvalue weighted by Gasteiger charge is -2.36. The highest BCUT2D eigenvalue weighted by Crippen LogP contribution is 2.39. The molecular weight excluding hydrogens is 322 g/mol. The van der Waals surface area contributed by atoms with Crippen LogP contribution in [0.5, 0.6) is 5.75 Å². The molecule has 0 amide bonds. The summed E-state index contributed by atoms with van der Waals surface area (Å²) in [4.78, 5) is 4.49. The van der Waals surface area contributed by atoms with Crippen molar-refractivity contribution >= 4 is 29.2 Å². The summed E-state index contributed by atoms with van der Waals surface area (Å²) in [6.45, 7) is 0.702. The van der Waals surface area contributed by atoms with Crippen LogP contribution in [0.1, 0.15) is 5.56 Å². The standard InChI is InChI=1S/C19H16ClN3O/c1-24-18-8-7-15(20)13-17(18)22-12-10-19-21-11-9-16(23(19)22)14-5-3-2-4-6-14/h2-11,13H,12H2,1H3. The van der Waals surface area contributed by atoms with Crippen molar-refractivity contribution in [3.63, 3.8) is 0 Å². The molecule has 2 aromatic rings. The summed E-state index contributed by atoms with van der Waals surface area (Å²) in [5, 5.41) is 4.89. The Kier molecular flexibility index (Phi) is 3.75. The Morgan fingerprint density at radius 3 is 2.75 bits per heavy atom. The molecule has 120 valence electrons. The van der Waals surface area contributed by atoms with E-state index in [9.17, 15) is 0 Å². The van der Waals surface area contributed by atoms with Gasteiger partial charge >= 0.3 is 0 Å². The molecule has 0 unspecified atom stereocenters. The minimum Gasteiger partial charge on any atom is -0.495 e. The van der Waals surface area contributed by atoms with Crippen LogP contribution in [0.15, 0.2) is 71.5 Å². The van der Waals surface area contributed by atoms with E-state index in [4.69, 9.17) is 16.3 Å². The van der Waals surface area contributed by atoms with Gasteiger partial charge in [-0.1, -0.05) is 41.9 Å². The zero-order chi connectivity index (χ0) is 16.5. The Morgan fingerprint density at radius 1 is 1.12 bits per heavy atom. The first-order valence-electron chi connectivity index (χ1n) is 7.69. The van der Waals surface area contributed by atoms with Gasteiger partial charge in [-0.3, -0.25) is 5.01 Å². The van der Waals surface area contributed by atoms with Gasteiger partial charge in [0.1, 0.15) is 17.3 Å². The Balaban J connectivity index is 1.79. The van der Waals surface area contributed by atoms with Gasteiger partial charge in [0, 0.05) is 16.8 Å². The molecule has 0 atom stereocenters. The van der Waals surface area contributed by atoms with Gasteiger partial charge in [-0.05, 0) is 30.4 Å². The van der Waals surface area contributed by atoms with E-state index in [0.717, 1.165) is 28.5 Å². The molecular formula is C19H16ClN3O. The number of rotatable bonds is 3. The van der Waals surface area contributed by atoms with Gasteiger partial charge in [0.25, 0.3) is 0 Å². The van der Waals surface area contributed by atoms with E-state index in [0.29, 0.717) is 11.6 Å². The molecule has 0 radical (unpaired) electrons. The fraction of sp³-hybridized carbons (Fsp3) is 0.105. The van der Waals surface area contributed by atoms with Gasteiger partial charge in [-0.25, -0.2) is 10.0 Å². The highest BCUT2D eigenvalue weighted by Gasteiger charge is 2.31. The quantitative estimate of drug-likeness (QED) is 0.833. The van der Waals surface area contributed by atoms with Crippen LogP contribution < -0.4 is 9.75 Å². The number of halogens is 1. The minimum atomic E-state index is 0.671. The predicted octanol–water partition coefficient (Wildman–Crippen LogP) is 4.35. The monoisotopic (exact) mass is 337 g/mol. The summed E-state index contributed by atoms with van der Waals surface area (Å²) >= 11 is 6.22. The lowest BCUT2D eigenvalue weighted by molar-refractivity contribution is 0.405. The second-order valence-corrected chi connectivity index (χ2v) is 5.90. The van der Waals surface area contributed by atoms with Gasteiger partial charge < -0.3 is 4.74 Å². The molecule has 0 bridgehead atoms. The molecule has 0 aliphatic carbocycles. The lowest BCUT2D eigenvalue weighted by Crippen LogP contribution is -2.37. The topological polar surface area (TPSA) is 28.1 Å². The number of aliphatic imine (C=N–C) groups is 1. The Hall–Kier alpha value is -2.72. The number of allylic oxidation sites excluding steroid dienone is 1. The molecule has 4 rings (SSSR count). The van der Waals surface area contributed by atoms with Gasteiger partial charge in [0.15, 0.2) is 0 Å². The van der Waals surface area contributed by atoms with E-state index in [-0.39, 0.29) is 0 Å². The maximum atomic E-state index is 6.22. The van der Waals surface area contributed by atoms with Crippen molar-refractivity contribution in [2.75, 3.05) is 18.7 Å². The van der Waals surface area contributed by atoms with Crippen molar-refractivity contribution in [2.24, 2.45) is 4.99 Å². The van der Waals surface area contributed by atoms with Gasteiger partial charge in [0.05, 0.1) is 19.4 Å². The SMILES string of the molecule is COc1ccc(Cl)cc1N1CC=C2N=CC=C(c3ccccc3)N21. The highest BCUT2D eigenvalue weighted by atomic mass is 35.5. The lowest BCUT2D eigenvalue weighted by atomic mass is 10.1. The molecule has 24 heavy (non-hydrogen) atoms. The van der Waals surface area contributed by atoms with Crippen LogP contribution in [0.4, 0.5) is 5.69 Å². The molecule has 0 N–H and O–H groups in total. The van der Waals surface area contributed by atoms with Crippen molar-refractivity contribution in [3.05, 3.63) is 77.1 Å². The van der Waals surface area contributed by atoms with Crippen LogP contribution in [0.25, 0.3) is 5.70 Å². The Morgan fingerprint density at radius 2 is 1.96 bits per heavy atom. The number of hydrogen-bond donors (Lipinski definition) is 0. The van der Waals surface area contributed by atoms with Crippen LogP contribution in [-0.2, 0) is 0 Å². The van der Waals surface area contributed by atoms with Crippen molar-refractivity contribution in [1.29, 1.82) is 0 Å². The average Bonchev–Trinajstić information content (AvgIpc) is 3.06. The number of benzene rings is 2. The minimum absolute atomic E-state index is 0.671. The average molecular weight is 338 g/mol. The third-order valence-electron chi connectivity index (χ3n) is 4.06. The summed E-state index contributed by atoms with van der Waals surface area (Å²) < 4.78 is 5.53. The maximum absolute atomic E-state index is 6.22. The van der Waals surface area contributed by atoms with E-state index < -0.39 is 0 Å². The second kappa shape index (κ2) is 6.06. The predicted molar refractivity (Wildman–Crippen MR) is 98.2 cm³/mol. The summed E-state index contributed by atoms with van der Waals surface area (Å²) in [5.74, 6) is 1.68. The van der Waals surface area contributed by atoms with Crippen LogP contribution in [0, 0.1) is 0 Å². The van der Waals surface area contributed by atoms with Crippen molar-refractivity contribution in [1.82, 2.24) is 5.01 Å². The third kappa shape index (κ3) is 2.45. The molecule has 2 aromatic carbocycles. The molecule has 0 spiro atoms. The molecule has 5 heteroatoms. The molecule has 0 fully saturated rings. The van der Waals surface area contributed by atoms with Crippen LogP contribution in [0.3, 0.4) is 0 Å². The van der Waals surface area contributed by atoms with Crippen LogP contribution in [0.2, 0.25) is 5.02 Å². The van der Waals surface area contributed by atoms with E-state index in [2.05, 4.69) is 33.2 Å². The number of ether oxygens (including phenoxy) is 1. The first kappa shape index (κ1) is 14.8. The first-order valence-corrected chi connectivity index (χ1v) is 8.07. The number of anilines is 1. The zero-order valence-electron chi connectivity index (χ0n) is 13.2. The molecule has 4 nitrogen and oxygen atoms in total. The van der Waals surface area contributed by atoms with Crippen molar-refractivity contribution in [3.8, 4) is 5.75 Å². The summed E-state index contributed by atoms with van der Waals surface area (Å²) in [6, 6.07) is 15.9. The molecule has 2 aliphatic heterocycles. The molecule has 2 heterocycles. The van der Waals surface area contributed by atoms with E-state index in [1.54, 1.807) is 7.11 Å². The van der Waals surface area contributed by atoms with Crippen LogP contribution >= 0.6 is 11.6 Å². The number of nitrogens with zero attached hydrogens (tertiary/aromatic N) is 3. The maximum Gasteiger partial charge on any atom is 0.149 e. The summed E-state index contributed by atoms with van der Waals surface area (Å²) in [5.41, 5.74) is 3.11. The van der Waals surface area contributed by atoms with Crippen LogP contribution in [-0.4, -0.2) is 24.9 Å². The largest absolute Gasteiger partial charge is 0.495 e. The zero-order valence-corrected chi connectivity index (χ0v) is 13.9. The van der Waals surface area contributed by atoms with Gasteiger partial charge in [-0.2, -0.15) is 0 Å². The number of fused-ring (bicyclic) bond motifs is 1. The third-order valence-corrected chi connectivity index (χ3v) is 4.30. The highest BCUT2D eigenvalue weighted by molar-refractivity contribution is 6.31. The Bertz CT molecular complexity index is 858. The summed E-state index contributed by atoms with van der Waals surface area (Å²) in [7, 11) is 1.67. The van der Waals surface area contributed by atoms with Gasteiger partial charge in [0.2, 0.25) is 0 Å². The number of methoxy groups -OCH3 is 1. The Labute approximate surface area is 145 Å². The number of hydrogen-bond acceptors (Lipinski definition) is 4. The van der Waals surface area contributed by atoms with E-state index in [1.807, 2.05) is 48.7 Å². The van der Waals surface area contributed by atoms with Gasteiger partial charge in [-0.15, -0.1) is 0 Å². The van der Waals surface area contributed by atoms with Crippen molar-refractivity contribution < 1.29 is 4.74 Å². The molecule has 0 saturated carbocycles. The smallest absolute Gasteiger partial charge is 0.149 e. The second-order valence-electron chi connectivity index (χ2n) is 5.47. The number of hydrazine groups is 1. The fourth-order valence-electron chi connectivity index (χ4n) is 2.97. The normalized spacial score (nSPS) is 15.9. The molecule has 0 aromatic heterocycles. The van der Waals surface area contributed by atoms with E-state index >= 15 is 0 Å². The fourth-order valence-corrected chi connectivity index (χ4v) is 3.14. The first-order chi connectivity index (χ1) is 11.8. The van der Waals surface area contributed by atoms with E-state index in [1.165, 1.54) is 0 Å².